The van der Waals surface area contributed by atoms with Crippen LogP contribution in [0.25, 0.3) is 10.2 Å². The predicted molar refractivity (Wildman–Crippen MR) is 121 cm³/mol. The second-order valence-electron chi connectivity index (χ2n) is 6.82. The quantitative estimate of drug-likeness (QED) is 0.280. The van der Waals surface area contributed by atoms with Crippen molar-refractivity contribution < 1.29 is 14.6 Å². The molecule has 0 unspecified atom stereocenters. The Bertz CT molecular complexity index is 1130. The molecule has 1 heterocycles. The molecule has 10 nitrogen and oxygen atoms in total. The van der Waals surface area contributed by atoms with E-state index in [2.05, 4.69) is 4.98 Å². The molecule has 0 saturated heterocycles. The Labute approximate surface area is 185 Å². The SMILES string of the molecule is CSc1cccc2sc(N(CCN(C)C)C(=O)c3cc([N+](=O)[O-])cc([N+](=O)[O-])c3)nc12. The number of fused-ring (bicyclic) bond motifs is 1. The standard InChI is InChI=1S/C19H19N5O5S2/c1-21(2)7-8-22(19-20-17-15(30-3)5-4-6-16(17)31-19)18(25)12-9-13(23(26)27)11-14(10-12)24(28)29/h4-6,9-11H,7-8H2,1-3H3. The predicted octanol–water partition coefficient (Wildman–Crippen LogP) is 4.04. The van der Waals surface area contributed by atoms with E-state index in [0.29, 0.717) is 11.7 Å². The Hall–Kier alpha value is -3.09. The number of carbonyl (C=O) groups is 1. The molecule has 0 aliphatic heterocycles. The van der Waals surface area contributed by atoms with E-state index in [-0.39, 0.29) is 12.1 Å². The van der Waals surface area contributed by atoms with Gasteiger partial charge in [0.2, 0.25) is 0 Å². The minimum absolute atomic E-state index is 0.135. The lowest BCUT2D eigenvalue weighted by atomic mass is 10.1. The highest BCUT2D eigenvalue weighted by molar-refractivity contribution is 7.98. The van der Waals surface area contributed by atoms with Crippen molar-refractivity contribution in [3.63, 3.8) is 0 Å². The van der Waals surface area contributed by atoms with Gasteiger partial charge in [-0.1, -0.05) is 17.4 Å². The zero-order valence-electron chi connectivity index (χ0n) is 17.0. The fraction of sp³-hybridized carbons (Fsp3) is 0.263. The number of carbonyl (C=O) groups excluding carboxylic acids is 1. The molecule has 0 aliphatic rings. The number of aromatic nitrogens is 1. The molecule has 1 amide bonds. The zero-order chi connectivity index (χ0) is 22.7. The first-order chi connectivity index (χ1) is 14.7. The number of likely N-dealkylation sites (N-methyl/N-ethyl adjacent to an activating group) is 1. The zero-order valence-corrected chi connectivity index (χ0v) is 18.6. The van der Waals surface area contributed by atoms with Crippen molar-refractivity contribution in [1.29, 1.82) is 0 Å². The maximum absolute atomic E-state index is 13.4. The van der Waals surface area contributed by atoms with E-state index in [4.69, 9.17) is 0 Å². The molecule has 31 heavy (non-hydrogen) atoms. The molecule has 0 radical (unpaired) electrons. The van der Waals surface area contributed by atoms with E-state index in [1.165, 1.54) is 28.0 Å². The fourth-order valence-corrected chi connectivity index (χ4v) is 4.51. The third-order valence-corrected chi connectivity index (χ3v) is 6.22. The summed E-state index contributed by atoms with van der Waals surface area (Å²) in [5.41, 5.74) is -0.398. The molecular formula is C19H19N5O5S2. The lowest BCUT2D eigenvalue weighted by Crippen LogP contribution is -2.36. The smallest absolute Gasteiger partial charge is 0.277 e. The van der Waals surface area contributed by atoms with E-state index in [0.717, 1.165) is 33.3 Å². The second-order valence-corrected chi connectivity index (χ2v) is 8.67. The molecule has 3 rings (SSSR count). The molecule has 0 atom stereocenters. The number of nitro benzene ring substituents is 2. The van der Waals surface area contributed by atoms with Gasteiger partial charge in [0.1, 0.15) is 0 Å². The van der Waals surface area contributed by atoms with Crippen LogP contribution in [0.4, 0.5) is 16.5 Å². The van der Waals surface area contributed by atoms with Gasteiger partial charge in [-0.3, -0.25) is 29.9 Å². The largest absolute Gasteiger partial charge is 0.308 e. The van der Waals surface area contributed by atoms with Crippen LogP contribution in [-0.4, -0.2) is 59.1 Å². The van der Waals surface area contributed by atoms with Crippen LogP contribution < -0.4 is 4.90 Å². The maximum Gasteiger partial charge on any atom is 0.277 e. The molecule has 1 aromatic heterocycles. The van der Waals surface area contributed by atoms with Gasteiger partial charge in [0.05, 0.1) is 31.7 Å². The number of non-ortho nitro benzene ring substituents is 2. The number of para-hydroxylation sites is 1. The van der Waals surface area contributed by atoms with Gasteiger partial charge < -0.3 is 4.90 Å². The van der Waals surface area contributed by atoms with Crippen LogP contribution in [0, 0.1) is 20.2 Å². The number of nitro groups is 2. The summed E-state index contributed by atoms with van der Waals surface area (Å²) in [6.45, 7) is 0.769. The summed E-state index contributed by atoms with van der Waals surface area (Å²) >= 11 is 2.86. The van der Waals surface area contributed by atoms with Gasteiger partial charge in [-0.2, -0.15) is 0 Å². The highest BCUT2D eigenvalue weighted by atomic mass is 32.2. The summed E-state index contributed by atoms with van der Waals surface area (Å²) in [4.78, 5) is 43.2. The summed E-state index contributed by atoms with van der Waals surface area (Å²) in [7, 11) is 3.70. The molecule has 2 aromatic carbocycles. The van der Waals surface area contributed by atoms with Gasteiger partial charge in [0, 0.05) is 30.1 Å². The first-order valence-electron chi connectivity index (χ1n) is 9.05. The third kappa shape index (κ3) is 4.98. The number of thiazole rings is 1. The van der Waals surface area contributed by atoms with E-state index in [9.17, 15) is 25.0 Å². The minimum atomic E-state index is -0.754. The van der Waals surface area contributed by atoms with Gasteiger partial charge in [-0.15, -0.1) is 11.8 Å². The van der Waals surface area contributed by atoms with Gasteiger partial charge in [-0.25, -0.2) is 4.98 Å². The monoisotopic (exact) mass is 461 g/mol. The molecule has 0 saturated carbocycles. The van der Waals surface area contributed by atoms with Crippen LogP contribution in [0.1, 0.15) is 10.4 Å². The van der Waals surface area contributed by atoms with Gasteiger partial charge >= 0.3 is 0 Å². The van der Waals surface area contributed by atoms with Crippen LogP contribution in [-0.2, 0) is 0 Å². The van der Waals surface area contributed by atoms with E-state index >= 15 is 0 Å². The first-order valence-corrected chi connectivity index (χ1v) is 11.1. The van der Waals surface area contributed by atoms with E-state index < -0.39 is 27.1 Å². The molecule has 0 N–H and O–H groups in total. The lowest BCUT2D eigenvalue weighted by molar-refractivity contribution is -0.394. The fourth-order valence-electron chi connectivity index (χ4n) is 2.86. The van der Waals surface area contributed by atoms with Crippen molar-refractivity contribution in [2.45, 2.75) is 4.90 Å². The number of thioether (sulfide) groups is 1. The maximum atomic E-state index is 13.4. The summed E-state index contributed by atoms with van der Waals surface area (Å²) < 4.78 is 0.898. The van der Waals surface area contributed by atoms with Crippen molar-refractivity contribution in [3.8, 4) is 0 Å². The molecule has 0 spiro atoms. The lowest BCUT2D eigenvalue weighted by Gasteiger charge is -2.22. The van der Waals surface area contributed by atoms with Crippen LogP contribution in [0.3, 0.4) is 0 Å². The van der Waals surface area contributed by atoms with E-state index in [1.807, 2.05) is 43.5 Å². The number of nitrogens with zero attached hydrogens (tertiary/aromatic N) is 5. The number of anilines is 1. The number of amides is 1. The number of hydrogen-bond acceptors (Lipinski definition) is 9. The summed E-state index contributed by atoms with van der Waals surface area (Å²) in [5, 5.41) is 22.9. The van der Waals surface area contributed by atoms with Crippen molar-refractivity contribution in [3.05, 3.63) is 62.2 Å². The highest BCUT2D eigenvalue weighted by Crippen LogP contribution is 2.35. The molecule has 0 aliphatic carbocycles. The highest BCUT2D eigenvalue weighted by Gasteiger charge is 2.26. The van der Waals surface area contributed by atoms with Gasteiger partial charge in [0.15, 0.2) is 5.13 Å². The molecule has 12 heteroatoms. The number of benzene rings is 2. The molecule has 0 fully saturated rings. The van der Waals surface area contributed by atoms with Gasteiger partial charge in [0.25, 0.3) is 17.3 Å². The Morgan fingerprint density at radius 1 is 1.10 bits per heavy atom. The van der Waals surface area contributed by atoms with Crippen molar-refractivity contribution in [2.24, 2.45) is 0 Å². The van der Waals surface area contributed by atoms with E-state index in [1.54, 1.807) is 0 Å². The Kier molecular flexibility index (Phi) is 6.83. The van der Waals surface area contributed by atoms with Crippen LogP contribution >= 0.6 is 23.1 Å². The normalized spacial score (nSPS) is 11.1. The van der Waals surface area contributed by atoms with Crippen molar-refractivity contribution >= 4 is 55.7 Å². The molecule has 162 valence electrons. The van der Waals surface area contributed by atoms with Crippen molar-refractivity contribution in [2.75, 3.05) is 38.3 Å². The molecule has 0 bridgehead atoms. The van der Waals surface area contributed by atoms with Gasteiger partial charge in [-0.05, 0) is 32.5 Å². The number of hydrogen-bond donors (Lipinski definition) is 0. The van der Waals surface area contributed by atoms with Crippen molar-refractivity contribution in [1.82, 2.24) is 9.88 Å². The first kappa shape index (κ1) is 22.6. The Balaban J connectivity index is 2.10. The minimum Gasteiger partial charge on any atom is -0.308 e. The van der Waals surface area contributed by atoms with Crippen LogP contribution in [0.2, 0.25) is 0 Å². The van der Waals surface area contributed by atoms with Crippen LogP contribution in [0.5, 0.6) is 0 Å². The molecular weight excluding hydrogens is 442 g/mol. The summed E-state index contributed by atoms with van der Waals surface area (Å²) in [5.74, 6) is -0.585. The molecule has 3 aromatic rings. The summed E-state index contributed by atoms with van der Waals surface area (Å²) in [6, 6.07) is 8.70. The third-order valence-electron chi connectivity index (χ3n) is 4.41. The Morgan fingerprint density at radius 3 is 2.29 bits per heavy atom. The topological polar surface area (TPSA) is 123 Å². The summed E-state index contributed by atoms with van der Waals surface area (Å²) in [6.07, 6.45) is 1.94. The number of rotatable bonds is 8. The van der Waals surface area contributed by atoms with Crippen LogP contribution in [0.15, 0.2) is 41.3 Å². The second kappa shape index (κ2) is 9.37. The Morgan fingerprint density at radius 2 is 1.74 bits per heavy atom. The average Bonchev–Trinajstić information content (AvgIpc) is 3.17. The average molecular weight is 462 g/mol.